The van der Waals surface area contributed by atoms with E-state index in [0.29, 0.717) is 32.0 Å². The van der Waals surface area contributed by atoms with Crippen molar-refractivity contribution < 1.29 is 4.79 Å². The number of aryl methyl sites for hydroxylation is 1. The third-order valence-electron chi connectivity index (χ3n) is 3.42. The molecule has 0 aliphatic carbocycles. The van der Waals surface area contributed by atoms with Gasteiger partial charge in [-0.3, -0.25) is 4.79 Å². The van der Waals surface area contributed by atoms with E-state index in [1.165, 1.54) is 6.92 Å². The van der Waals surface area contributed by atoms with Gasteiger partial charge in [0.2, 0.25) is 5.91 Å². The van der Waals surface area contributed by atoms with Crippen molar-refractivity contribution >= 4 is 17.4 Å². The van der Waals surface area contributed by atoms with Crippen molar-refractivity contribution in [2.45, 2.75) is 13.8 Å². The maximum absolute atomic E-state index is 10.9. The predicted molar refractivity (Wildman–Crippen MR) is 96.9 cm³/mol. The first-order valence-electron chi connectivity index (χ1n) is 7.97. The Bertz CT molecular complexity index is 689. The fraction of sp³-hybridized carbons (Fsp3) is 0.353. The molecule has 1 aromatic heterocycles. The summed E-state index contributed by atoms with van der Waals surface area (Å²) in [6.45, 7) is 5.92. The van der Waals surface area contributed by atoms with E-state index in [4.69, 9.17) is 5.73 Å². The molecule has 1 aromatic carbocycles. The van der Waals surface area contributed by atoms with Gasteiger partial charge in [-0.2, -0.15) is 0 Å². The molecule has 5 N–H and O–H groups in total. The summed E-state index contributed by atoms with van der Waals surface area (Å²) >= 11 is 0. The van der Waals surface area contributed by atoms with Crippen molar-refractivity contribution in [1.82, 2.24) is 15.3 Å². The molecular formula is C17H24N6O. The molecule has 1 amide bonds. The minimum absolute atomic E-state index is 0.0458. The molecule has 0 fully saturated rings. The van der Waals surface area contributed by atoms with Crippen LogP contribution in [-0.2, 0) is 4.79 Å². The van der Waals surface area contributed by atoms with Gasteiger partial charge in [-0.25, -0.2) is 9.97 Å². The van der Waals surface area contributed by atoms with E-state index in [9.17, 15) is 4.79 Å². The zero-order valence-corrected chi connectivity index (χ0v) is 14.1. The van der Waals surface area contributed by atoms with Crippen LogP contribution in [0.3, 0.4) is 0 Å². The van der Waals surface area contributed by atoms with Gasteiger partial charge in [0.05, 0.1) is 0 Å². The standard InChI is InChI=1S/C17H24N6O/c1-12-4-3-5-14(16(12)21-9-7-18)17-22-8-6-15(23-17)20-11-10-19-13(2)24/h3-6,8,21H,7,9-11,18H2,1-2H3,(H,19,24)(H,20,22,23). The van der Waals surface area contributed by atoms with E-state index in [-0.39, 0.29) is 5.91 Å². The van der Waals surface area contributed by atoms with Crippen LogP contribution in [0.5, 0.6) is 0 Å². The van der Waals surface area contributed by atoms with Crippen molar-refractivity contribution in [3.05, 3.63) is 36.0 Å². The molecule has 0 aliphatic heterocycles. The first kappa shape index (κ1) is 17.7. The zero-order chi connectivity index (χ0) is 17.4. The molecule has 0 bridgehead atoms. The van der Waals surface area contributed by atoms with Crippen LogP contribution in [0.15, 0.2) is 30.5 Å². The summed E-state index contributed by atoms with van der Waals surface area (Å²) in [5, 5.41) is 9.26. The summed E-state index contributed by atoms with van der Waals surface area (Å²) in [6.07, 6.45) is 1.72. The maximum Gasteiger partial charge on any atom is 0.216 e. The fourth-order valence-corrected chi connectivity index (χ4v) is 2.30. The Kier molecular flexibility index (Phi) is 6.51. The molecule has 0 atom stereocenters. The Balaban J connectivity index is 2.16. The average molecular weight is 328 g/mol. The second-order valence-electron chi connectivity index (χ2n) is 5.39. The number of hydrogen-bond acceptors (Lipinski definition) is 6. The lowest BCUT2D eigenvalue weighted by Crippen LogP contribution is -2.26. The summed E-state index contributed by atoms with van der Waals surface area (Å²) in [5.74, 6) is 1.31. The van der Waals surface area contributed by atoms with Crippen LogP contribution in [0, 0.1) is 6.92 Å². The molecule has 2 rings (SSSR count). The van der Waals surface area contributed by atoms with E-state index < -0.39 is 0 Å². The first-order valence-corrected chi connectivity index (χ1v) is 7.97. The van der Waals surface area contributed by atoms with Crippen LogP contribution in [0.25, 0.3) is 11.4 Å². The normalized spacial score (nSPS) is 10.3. The van der Waals surface area contributed by atoms with Gasteiger partial charge < -0.3 is 21.7 Å². The number of hydrogen-bond donors (Lipinski definition) is 4. The molecule has 128 valence electrons. The number of nitrogens with zero attached hydrogens (tertiary/aromatic N) is 2. The molecule has 0 unspecified atom stereocenters. The van der Waals surface area contributed by atoms with Crippen molar-refractivity contribution in [1.29, 1.82) is 0 Å². The van der Waals surface area contributed by atoms with Gasteiger partial charge in [-0.05, 0) is 24.6 Å². The van der Waals surface area contributed by atoms with Crippen LogP contribution >= 0.6 is 0 Å². The number of para-hydroxylation sites is 1. The van der Waals surface area contributed by atoms with E-state index in [0.717, 1.165) is 22.6 Å². The summed E-state index contributed by atoms with van der Waals surface area (Å²) in [6, 6.07) is 7.82. The molecule has 0 radical (unpaired) electrons. The number of nitrogens with two attached hydrogens (primary N) is 1. The maximum atomic E-state index is 10.9. The van der Waals surface area contributed by atoms with Crippen LogP contribution < -0.4 is 21.7 Å². The summed E-state index contributed by atoms with van der Waals surface area (Å²) in [4.78, 5) is 19.8. The van der Waals surface area contributed by atoms with Crippen molar-refractivity contribution in [2.24, 2.45) is 5.73 Å². The number of aromatic nitrogens is 2. The molecule has 7 heteroatoms. The Labute approximate surface area is 142 Å². The molecule has 0 saturated heterocycles. The highest BCUT2D eigenvalue weighted by molar-refractivity contribution is 5.76. The number of anilines is 2. The van der Waals surface area contributed by atoms with E-state index in [2.05, 4.69) is 25.9 Å². The lowest BCUT2D eigenvalue weighted by molar-refractivity contribution is -0.118. The van der Waals surface area contributed by atoms with Crippen LogP contribution in [0.2, 0.25) is 0 Å². The number of carbonyl (C=O) groups excluding carboxylic acids is 1. The monoisotopic (exact) mass is 328 g/mol. The van der Waals surface area contributed by atoms with Gasteiger partial charge in [0.15, 0.2) is 5.82 Å². The minimum Gasteiger partial charge on any atom is -0.383 e. The van der Waals surface area contributed by atoms with Crippen LogP contribution in [0.4, 0.5) is 11.5 Å². The number of rotatable bonds is 8. The predicted octanol–water partition coefficient (Wildman–Crippen LogP) is 1.37. The van der Waals surface area contributed by atoms with Crippen molar-refractivity contribution in [3.63, 3.8) is 0 Å². The summed E-state index contributed by atoms with van der Waals surface area (Å²) in [5.41, 5.74) is 8.65. The zero-order valence-electron chi connectivity index (χ0n) is 14.1. The molecule has 2 aromatic rings. The molecule has 1 heterocycles. The van der Waals surface area contributed by atoms with Crippen molar-refractivity contribution in [2.75, 3.05) is 36.8 Å². The topological polar surface area (TPSA) is 105 Å². The van der Waals surface area contributed by atoms with Gasteiger partial charge in [-0.1, -0.05) is 12.1 Å². The fourth-order valence-electron chi connectivity index (χ4n) is 2.30. The largest absolute Gasteiger partial charge is 0.383 e. The minimum atomic E-state index is -0.0458. The van der Waals surface area contributed by atoms with Gasteiger partial charge in [0.25, 0.3) is 0 Å². The first-order chi connectivity index (χ1) is 11.6. The summed E-state index contributed by atoms with van der Waals surface area (Å²) in [7, 11) is 0. The Morgan fingerprint density at radius 3 is 2.75 bits per heavy atom. The van der Waals surface area contributed by atoms with Crippen LogP contribution in [0.1, 0.15) is 12.5 Å². The third kappa shape index (κ3) is 4.92. The second-order valence-corrected chi connectivity index (χ2v) is 5.39. The smallest absolute Gasteiger partial charge is 0.216 e. The van der Waals surface area contributed by atoms with E-state index in [1.54, 1.807) is 12.3 Å². The second kappa shape index (κ2) is 8.83. The average Bonchev–Trinajstić information content (AvgIpc) is 2.57. The van der Waals surface area contributed by atoms with E-state index in [1.807, 2.05) is 25.1 Å². The Morgan fingerprint density at radius 2 is 2.00 bits per heavy atom. The molecule has 0 aliphatic rings. The number of benzene rings is 1. The molecule has 0 saturated carbocycles. The third-order valence-corrected chi connectivity index (χ3v) is 3.42. The van der Waals surface area contributed by atoms with Gasteiger partial charge in [0.1, 0.15) is 5.82 Å². The lowest BCUT2D eigenvalue weighted by Gasteiger charge is -2.14. The van der Waals surface area contributed by atoms with E-state index >= 15 is 0 Å². The Hall–Kier alpha value is -2.67. The molecule has 24 heavy (non-hydrogen) atoms. The molecular weight excluding hydrogens is 304 g/mol. The van der Waals surface area contributed by atoms with Gasteiger partial charge >= 0.3 is 0 Å². The number of amides is 1. The highest BCUT2D eigenvalue weighted by Gasteiger charge is 2.10. The number of nitrogens with one attached hydrogen (secondary N) is 3. The SMILES string of the molecule is CC(=O)NCCNc1ccnc(-c2cccc(C)c2NCCN)n1. The highest BCUT2D eigenvalue weighted by atomic mass is 16.1. The quantitative estimate of drug-likeness (QED) is 0.546. The van der Waals surface area contributed by atoms with Crippen LogP contribution in [-0.4, -0.2) is 42.1 Å². The summed E-state index contributed by atoms with van der Waals surface area (Å²) < 4.78 is 0. The highest BCUT2D eigenvalue weighted by Crippen LogP contribution is 2.28. The van der Waals surface area contributed by atoms with Gasteiger partial charge in [0, 0.05) is 50.6 Å². The molecule has 0 spiro atoms. The molecule has 7 nitrogen and oxygen atoms in total. The Morgan fingerprint density at radius 1 is 1.17 bits per heavy atom. The lowest BCUT2D eigenvalue weighted by atomic mass is 10.1. The number of carbonyl (C=O) groups is 1. The van der Waals surface area contributed by atoms with Crippen molar-refractivity contribution in [3.8, 4) is 11.4 Å². The van der Waals surface area contributed by atoms with Gasteiger partial charge in [-0.15, -0.1) is 0 Å².